The number of ether oxygens (including phenoxy) is 1. The van der Waals surface area contributed by atoms with Crippen LogP contribution in [0.5, 0.6) is 0 Å². The van der Waals surface area contributed by atoms with Crippen LogP contribution in [-0.2, 0) is 27.4 Å². The van der Waals surface area contributed by atoms with Crippen LogP contribution < -0.4 is 0 Å². The van der Waals surface area contributed by atoms with Gasteiger partial charge in [-0.15, -0.1) is 5.56 Å². The second-order valence-corrected chi connectivity index (χ2v) is 3.85. The summed E-state index contributed by atoms with van der Waals surface area (Å²) in [7, 11) is 1.73. The van der Waals surface area contributed by atoms with E-state index in [9.17, 15) is 0 Å². The van der Waals surface area contributed by atoms with Gasteiger partial charge in [-0.3, -0.25) is 0 Å². The molecule has 0 aliphatic carbocycles. The Morgan fingerprint density at radius 2 is 1.69 bits per heavy atom. The summed E-state index contributed by atoms with van der Waals surface area (Å²) in [6.45, 7) is 4.12. The summed E-state index contributed by atoms with van der Waals surface area (Å²) < 4.78 is 5.28. The van der Waals surface area contributed by atoms with Gasteiger partial charge in [-0.05, 0) is 13.8 Å². The Morgan fingerprint density at radius 1 is 1.06 bits per heavy atom. The molecule has 2 aromatic rings. The van der Waals surface area contributed by atoms with E-state index in [2.05, 4.69) is 26.0 Å². The molecule has 0 saturated heterocycles. The van der Waals surface area contributed by atoms with Crippen LogP contribution in [0, 0.1) is 0 Å². The number of rotatable bonds is 2. The van der Waals surface area contributed by atoms with Crippen LogP contribution in [-0.4, -0.2) is 7.11 Å². The fourth-order valence-electron chi connectivity index (χ4n) is 1.21. The van der Waals surface area contributed by atoms with Crippen molar-refractivity contribution in [3.63, 3.8) is 0 Å². The maximum Gasteiger partial charge on any atom is 2.00 e. The molecule has 88 valence electrons. The maximum atomic E-state index is 5.28. The first-order chi connectivity index (χ1) is 7.17. The van der Waals surface area contributed by atoms with E-state index in [0.29, 0.717) is 0 Å². The van der Waals surface area contributed by atoms with E-state index in [-0.39, 0.29) is 22.7 Å². The van der Waals surface area contributed by atoms with Crippen molar-refractivity contribution in [3.8, 4) is 0 Å². The fourth-order valence-corrected chi connectivity index (χ4v) is 1.21. The van der Waals surface area contributed by atoms with Crippen molar-refractivity contribution in [2.75, 3.05) is 7.11 Å². The summed E-state index contributed by atoms with van der Waals surface area (Å²) >= 11 is 0. The summed E-state index contributed by atoms with van der Waals surface area (Å²) in [6.07, 6.45) is 0. The van der Waals surface area contributed by atoms with Gasteiger partial charge in [0, 0.05) is 7.11 Å². The van der Waals surface area contributed by atoms with Gasteiger partial charge in [0.1, 0.15) is 0 Å². The Morgan fingerprint density at radius 3 is 2.00 bits per heavy atom. The van der Waals surface area contributed by atoms with Gasteiger partial charge in [-0.1, -0.05) is 0 Å². The number of hydrogen-bond donors (Lipinski definition) is 0. The summed E-state index contributed by atoms with van der Waals surface area (Å²) in [5, 5.41) is 0. The first-order valence-electron chi connectivity index (χ1n) is 5.11. The van der Waals surface area contributed by atoms with Gasteiger partial charge < -0.3 is 4.74 Å². The molecule has 2 heteroatoms. The molecule has 1 nitrogen and oxygen atoms in total. The maximum absolute atomic E-state index is 5.28. The third kappa shape index (κ3) is 4.80. The van der Waals surface area contributed by atoms with E-state index in [1.807, 2.05) is 42.5 Å². The fraction of sp³-hybridized carbons (Fsp3) is 0.286. The van der Waals surface area contributed by atoms with Crippen molar-refractivity contribution in [3.05, 3.63) is 60.2 Å². The molecule has 0 aliphatic heterocycles. The van der Waals surface area contributed by atoms with Crippen molar-refractivity contribution in [1.29, 1.82) is 0 Å². The largest absolute Gasteiger partial charge is 2.00 e. The van der Waals surface area contributed by atoms with Gasteiger partial charge >= 0.3 is 17.1 Å². The van der Waals surface area contributed by atoms with Crippen molar-refractivity contribution in [1.82, 2.24) is 0 Å². The van der Waals surface area contributed by atoms with E-state index in [4.69, 9.17) is 4.74 Å². The van der Waals surface area contributed by atoms with Crippen molar-refractivity contribution in [2.45, 2.75) is 19.4 Å². The van der Waals surface area contributed by atoms with Crippen LogP contribution in [0.15, 0.2) is 54.6 Å². The molecule has 0 bridgehead atoms. The minimum absolute atomic E-state index is 0. The second kappa shape index (κ2) is 7.45. The van der Waals surface area contributed by atoms with Crippen LogP contribution in [0.25, 0.3) is 0 Å². The Bertz CT molecular complexity index is 315. The summed E-state index contributed by atoms with van der Waals surface area (Å²) in [6, 6.07) is 18.2. The first kappa shape index (κ1) is 15.2. The molecule has 0 unspecified atom stereocenters. The molecule has 0 saturated carbocycles. The zero-order chi connectivity index (χ0) is 11.1. The molecule has 0 heterocycles. The third-order valence-corrected chi connectivity index (χ3v) is 2.42. The van der Waals surface area contributed by atoms with E-state index < -0.39 is 0 Å². The van der Waals surface area contributed by atoms with E-state index in [0.717, 1.165) is 0 Å². The van der Waals surface area contributed by atoms with Gasteiger partial charge in [0.25, 0.3) is 0 Å². The zero-order valence-corrected chi connectivity index (χ0v) is 11.1. The SMILES string of the molecule is COC(C)(C)c1ccc[cH-]1.[Fe+2].c1cc[cH-]c1. The van der Waals surface area contributed by atoms with Crippen LogP contribution >= 0.6 is 0 Å². The molecule has 0 radical (unpaired) electrons. The summed E-state index contributed by atoms with van der Waals surface area (Å²) in [4.78, 5) is 0. The third-order valence-electron chi connectivity index (χ3n) is 2.42. The Hall–Kier alpha value is -0.821. The molecule has 0 N–H and O–H groups in total. The van der Waals surface area contributed by atoms with Gasteiger partial charge in [0.05, 0.1) is 5.60 Å². The Labute approximate surface area is 109 Å². The average molecular weight is 258 g/mol. The molecular formula is C14H18FeO. The average Bonchev–Trinajstić information content (AvgIpc) is 2.93. The molecule has 2 aromatic carbocycles. The molecule has 0 atom stereocenters. The second-order valence-electron chi connectivity index (χ2n) is 3.85. The standard InChI is InChI=1S/C9H13O.C5H5.Fe/c1-9(2,10-3)8-6-4-5-7-8;1-2-4-5-3-1;/h4-7H,1-3H3;1-5H;/q2*-1;+2. The molecule has 0 fully saturated rings. The predicted molar refractivity (Wildman–Crippen MR) is 64.1 cm³/mol. The van der Waals surface area contributed by atoms with Crippen LogP contribution in [0.3, 0.4) is 0 Å². The molecule has 2 rings (SSSR count). The minimum atomic E-state index is -0.135. The quantitative estimate of drug-likeness (QED) is 0.589. The van der Waals surface area contributed by atoms with Gasteiger partial charge in [-0.25, -0.2) is 24.3 Å². The van der Waals surface area contributed by atoms with Crippen molar-refractivity contribution >= 4 is 0 Å². The van der Waals surface area contributed by atoms with Crippen LogP contribution in [0.1, 0.15) is 19.4 Å². The van der Waals surface area contributed by atoms with E-state index >= 15 is 0 Å². The van der Waals surface area contributed by atoms with Gasteiger partial charge in [0.15, 0.2) is 0 Å². The van der Waals surface area contributed by atoms with Crippen molar-refractivity contribution < 1.29 is 21.8 Å². The van der Waals surface area contributed by atoms with Crippen molar-refractivity contribution in [2.24, 2.45) is 0 Å². The normalized spacial score (nSPS) is 9.94. The number of methoxy groups -OCH3 is 1. The monoisotopic (exact) mass is 258 g/mol. The molecule has 16 heavy (non-hydrogen) atoms. The first-order valence-corrected chi connectivity index (χ1v) is 5.11. The molecule has 0 aliphatic rings. The van der Waals surface area contributed by atoms with Crippen LogP contribution in [0.2, 0.25) is 0 Å². The molecule has 0 spiro atoms. The Balaban J connectivity index is 0.000000318. The van der Waals surface area contributed by atoms with Crippen LogP contribution in [0.4, 0.5) is 0 Å². The number of hydrogen-bond acceptors (Lipinski definition) is 1. The Kier molecular flexibility index (Phi) is 7.07. The minimum Gasteiger partial charge on any atom is -0.376 e. The van der Waals surface area contributed by atoms with Gasteiger partial charge in [0.2, 0.25) is 0 Å². The molecular weight excluding hydrogens is 240 g/mol. The van der Waals surface area contributed by atoms with E-state index in [1.54, 1.807) is 7.11 Å². The smallest absolute Gasteiger partial charge is 0.376 e. The zero-order valence-electron chi connectivity index (χ0n) is 9.96. The molecule has 0 aromatic heterocycles. The topological polar surface area (TPSA) is 9.23 Å². The predicted octanol–water partition coefficient (Wildman–Crippen LogP) is 3.69. The summed E-state index contributed by atoms with van der Waals surface area (Å²) in [5.74, 6) is 0. The molecule has 0 amide bonds. The van der Waals surface area contributed by atoms with Gasteiger partial charge in [-0.2, -0.15) is 30.3 Å². The van der Waals surface area contributed by atoms with E-state index in [1.165, 1.54) is 5.56 Å². The summed E-state index contributed by atoms with van der Waals surface area (Å²) in [5.41, 5.74) is 1.10.